The maximum Gasteiger partial charge on any atom is 0.248 e. The van der Waals surface area contributed by atoms with E-state index in [2.05, 4.69) is 10.3 Å². The number of thiazole rings is 1. The molecule has 0 saturated heterocycles. The first-order valence-corrected chi connectivity index (χ1v) is 9.59. The topological polar surface area (TPSA) is 51.2 Å². The smallest absolute Gasteiger partial charge is 0.248 e. The third-order valence-corrected chi connectivity index (χ3v) is 4.93. The van der Waals surface area contributed by atoms with Crippen LogP contribution >= 0.6 is 11.3 Å². The van der Waals surface area contributed by atoms with Gasteiger partial charge in [-0.25, -0.2) is 4.98 Å². The Kier molecular flexibility index (Phi) is 6.04. The number of hydrogen-bond acceptors (Lipinski definition) is 4. The van der Waals surface area contributed by atoms with Gasteiger partial charge in [0.05, 0.1) is 10.7 Å². The maximum atomic E-state index is 12.3. The Bertz CT molecular complexity index is 956. The SMILES string of the molecule is Cc1nc(COc2ccccc2/C=C/C(=O)Nc2c(C)cccc2C)cs1. The Hall–Kier alpha value is -2.92. The number of carbonyl (C=O) groups is 1. The van der Waals surface area contributed by atoms with Crippen molar-refractivity contribution in [2.24, 2.45) is 0 Å². The highest BCUT2D eigenvalue weighted by molar-refractivity contribution is 7.09. The summed E-state index contributed by atoms with van der Waals surface area (Å²) in [6.45, 7) is 6.34. The van der Waals surface area contributed by atoms with Gasteiger partial charge in [-0.05, 0) is 44.0 Å². The number of benzene rings is 2. The van der Waals surface area contributed by atoms with Crippen LogP contribution in [0.5, 0.6) is 5.75 Å². The van der Waals surface area contributed by atoms with Crippen LogP contribution in [0, 0.1) is 20.8 Å². The molecule has 1 amide bonds. The number of nitrogens with one attached hydrogen (secondary N) is 1. The molecule has 138 valence electrons. The number of carbonyl (C=O) groups excluding carboxylic acids is 1. The molecule has 1 aromatic heterocycles. The van der Waals surface area contributed by atoms with Crippen molar-refractivity contribution in [3.05, 3.63) is 81.3 Å². The van der Waals surface area contributed by atoms with Gasteiger partial charge in [-0.3, -0.25) is 4.79 Å². The molecule has 0 spiro atoms. The van der Waals surface area contributed by atoms with Crippen LogP contribution in [0.2, 0.25) is 0 Å². The Morgan fingerprint density at radius 2 is 1.85 bits per heavy atom. The van der Waals surface area contributed by atoms with Crippen LogP contribution in [0.3, 0.4) is 0 Å². The van der Waals surface area contributed by atoms with Crippen molar-refractivity contribution in [3.8, 4) is 5.75 Å². The first kappa shape index (κ1) is 18.9. The summed E-state index contributed by atoms with van der Waals surface area (Å²) in [6.07, 6.45) is 3.30. The molecule has 0 fully saturated rings. The molecule has 0 radical (unpaired) electrons. The summed E-state index contributed by atoms with van der Waals surface area (Å²) in [6, 6.07) is 13.6. The van der Waals surface area contributed by atoms with Crippen molar-refractivity contribution in [2.45, 2.75) is 27.4 Å². The molecule has 0 aliphatic carbocycles. The molecule has 0 bridgehead atoms. The predicted molar refractivity (Wildman–Crippen MR) is 111 cm³/mol. The summed E-state index contributed by atoms with van der Waals surface area (Å²) in [5.74, 6) is 0.552. The lowest BCUT2D eigenvalue weighted by molar-refractivity contribution is -0.111. The number of rotatable bonds is 6. The van der Waals surface area contributed by atoms with Crippen LogP contribution in [0.1, 0.15) is 27.4 Å². The number of aryl methyl sites for hydroxylation is 3. The third-order valence-electron chi connectivity index (χ3n) is 4.10. The van der Waals surface area contributed by atoms with Crippen LogP contribution in [0.4, 0.5) is 5.69 Å². The van der Waals surface area contributed by atoms with Crippen molar-refractivity contribution >= 4 is 29.0 Å². The van der Waals surface area contributed by atoms with Gasteiger partial charge in [-0.1, -0.05) is 36.4 Å². The van der Waals surface area contributed by atoms with E-state index in [4.69, 9.17) is 4.74 Å². The molecule has 0 atom stereocenters. The highest BCUT2D eigenvalue weighted by Crippen LogP contribution is 2.22. The van der Waals surface area contributed by atoms with E-state index in [1.54, 1.807) is 17.4 Å². The van der Waals surface area contributed by atoms with E-state index in [9.17, 15) is 4.79 Å². The first-order chi connectivity index (χ1) is 13.0. The zero-order chi connectivity index (χ0) is 19.2. The molecule has 0 saturated carbocycles. The van der Waals surface area contributed by atoms with E-state index >= 15 is 0 Å². The molecule has 3 rings (SSSR count). The fraction of sp³-hybridized carbons (Fsp3) is 0.182. The van der Waals surface area contributed by atoms with Crippen molar-refractivity contribution in [1.29, 1.82) is 0 Å². The molecule has 0 aliphatic heterocycles. The molecule has 4 nitrogen and oxygen atoms in total. The van der Waals surface area contributed by atoms with Crippen LogP contribution < -0.4 is 10.1 Å². The Balaban J connectivity index is 1.68. The maximum absolute atomic E-state index is 12.3. The molecule has 1 heterocycles. The van der Waals surface area contributed by atoms with Crippen LogP contribution in [0.25, 0.3) is 6.08 Å². The van der Waals surface area contributed by atoms with Crippen LogP contribution in [-0.4, -0.2) is 10.9 Å². The van der Waals surface area contributed by atoms with Gasteiger partial charge in [0.1, 0.15) is 12.4 Å². The number of amides is 1. The molecule has 0 unspecified atom stereocenters. The van der Waals surface area contributed by atoms with Crippen molar-refractivity contribution in [1.82, 2.24) is 4.98 Å². The monoisotopic (exact) mass is 378 g/mol. The Morgan fingerprint density at radius 1 is 1.11 bits per heavy atom. The standard InChI is InChI=1S/C22H22N2O2S/c1-15-7-6-8-16(2)22(15)24-21(25)12-11-18-9-4-5-10-20(18)26-13-19-14-27-17(3)23-19/h4-12,14H,13H2,1-3H3,(H,24,25)/b12-11+. The van der Waals surface area contributed by atoms with E-state index in [1.165, 1.54) is 6.08 Å². The fourth-order valence-corrected chi connectivity index (χ4v) is 3.32. The predicted octanol–water partition coefficient (Wildman–Crippen LogP) is 5.30. The third kappa shape index (κ3) is 5.05. The summed E-state index contributed by atoms with van der Waals surface area (Å²) in [4.78, 5) is 16.7. The second-order valence-electron chi connectivity index (χ2n) is 6.27. The van der Waals surface area contributed by atoms with Gasteiger partial charge in [-0.15, -0.1) is 11.3 Å². The van der Waals surface area contributed by atoms with Gasteiger partial charge < -0.3 is 10.1 Å². The fourth-order valence-electron chi connectivity index (χ4n) is 2.72. The second-order valence-corrected chi connectivity index (χ2v) is 7.34. The number of ether oxygens (including phenoxy) is 1. The summed E-state index contributed by atoms with van der Waals surface area (Å²) in [5.41, 5.74) is 4.69. The Morgan fingerprint density at radius 3 is 2.56 bits per heavy atom. The van der Waals surface area contributed by atoms with Gasteiger partial charge in [-0.2, -0.15) is 0 Å². The number of nitrogens with zero attached hydrogens (tertiary/aromatic N) is 1. The number of anilines is 1. The number of para-hydroxylation sites is 2. The summed E-state index contributed by atoms with van der Waals surface area (Å²) in [7, 11) is 0. The zero-order valence-electron chi connectivity index (χ0n) is 15.7. The van der Waals surface area contributed by atoms with E-state index in [0.29, 0.717) is 6.61 Å². The quantitative estimate of drug-likeness (QED) is 0.592. The van der Waals surface area contributed by atoms with Gasteiger partial charge in [0, 0.05) is 22.7 Å². The lowest BCUT2D eigenvalue weighted by Gasteiger charge is -2.10. The van der Waals surface area contributed by atoms with E-state index in [-0.39, 0.29) is 5.91 Å². The van der Waals surface area contributed by atoms with Crippen LogP contribution in [0.15, 0.2) is 53.9 Å². The minimum atomic E-state index is -0.169. The minimum Gasteiger partial charge on any atom is -0.487 e. The highest BCUT2D eigenvalue weighted by Gasteiger charge is 2.06. The van der Waals surface area contributed by atoms with Crippen LogP contribution in [-0.2, 0) is 11.4 Å². The van der Waals surface area contributed by atoms with Gasteiger partial charge in [0.2, 0.25) is 5.91 Å². The normalized spacial score (nSPS) is 10.9. The molecule has 2 aromatic carbocycles. The molecule has 5 heteroatoms. The average molecular weight is 378 g/mol. The lowest BCUT2D eigenvalue weighted by Crippen LogP contribution is -2.10. The molecule has 0 aliphatic rings. The number of aromatic nitrogens is 1. The molecule has 27 heavy (non-hydrogen) atoms. The average Bonchev–Trinajstić information content (AvgIpc) is 3.07. The first-order valence-electron chi connectivity index (χ1n) is 8.71. The minimum absolute atomic E-state index is 0.169. The van der Waals surface area contributed by atoms with E-state index in [0.717, 1.165) is 38.8 Å². The second kappa shape index (κ2) is 8.64. The van der Waals surface area contributed by atoms with E-state index in [1.807, 2.05) is 68.6 Å². The molecule has 1 N–H and O–H groups in total. The van der Waals surface area contributed by atoms with Gasteiger partial charge >= 0.3 is 0 Å². The lowest BCUT2D eigenvalue weighted by atomic mass is 10.1. The van der Waals surface area contributed by atoms with E-state index < -0.39 is 0 Å². The summed E-state index contributed by atoms with van der Waals surface area (Å²) < 4.78 is 5.89. The largest absolute Gasteiger partial charge is 0.487 e. The van der Waals surface area contributed by atoms with Crippen molar-refractivity contribution in [2.75, 3.05) is 5.32 Å². The molecular formula is C22H22N2O2S. The van der Waals surface area contributed by atoms with Gasteiger partial charge in [0.25, 0.3) is 0 Å². The van der Waals surface area contributed by atoms with Crippen molar-refractivity contribution < 1.29 is 9.53 Å². The highest BCUT2D eigenvalue weighted by atomic mass is 32.1. The molecule has 3 aromatic rings. The summed E-state index contributed by atoms with van der Waals surface area (Å²) in [5, 5.41) is 5.96. The van der Waals surface area contributed by atoms with Crippen molar-refractivity contribution in [3.63, 3.8) is 0 Å². The molecular weight excluding hydrogens is 356 g/mol. The zero-order valence-corrected chi connectivity index (χ0v) is 16.5. The Labute approximate surface area is 163 Å². The van der Waals surface area contributed by atoms with Gasteiger partial charge in [0.15, 0.2) is 0 Å². The summed E-state index contributed by atoms with van der Waals surface area (Å²) >= 11 is 1.60. The number of hydrogen-bond donors (Lipinski definition) is 1.